The van der Waals surface area contributed by atoms with E-state index in [1.807, 2.05) is 7.11 Å². The molecule has 9 heteroatoms. The minimum Gasteiger partial charge on any atom is -0.496 e. The van der Waals surface area contributed by atoms with Gasteiger partial charge in [0.1, 0.15) is 17.2 Å². The molecule has 2 aliphatic rings. The van der Waals surface area contributed by atoms with Crippen LogP contribution in [0.2, 0.25) is 0 Å². The van der Waals surface area contributed by atoms with Gasteiger partial charge < -0.3 is 31.5 Å². The second kappa shape index (κ2) is 11.5. The third-order valence-electron chi connectivity index (χ3n) is 6.11. The van der Waals surface area contributed by atoms with Gasteiger partial charge in [0.15, 0.2) is 0 Å². The highest BCUT2D eigenvalue weighted by Gasteiger charge is 2.33. The Morgan fingerprint density at radius 1 is 0.633 bits per heavy atom. The molecule has 30 heavy (non-hydrogen) atoms. The van der Waals surface area contributed by atoms with E-state index < -0.39 is 7.25 Å². The predicted molar refractivity (Wildman–Crippen MR) is 117 cm³/mol. The predicted octanol–water partition coefficient (Wildman–Crippen LogP) is 6.61. The zero-order valence-electron chi connectivity index (χ0n) is 18.1. The van der Waals surface area contributed by atoms with Gasteiger partial charge in [-0.3, -0.25) is 0 Å². The van der Waals surface area contributed by atoms with E-state index in [4.69, 9.17) is 14.2 Å². The first kappa shape index (κ1) is 25.1. The zero-order chi connectivity index (χ0) is 22.3. The number of hydrogen-bond donors (Lipinski definition) is 0. The van der Waals surface area contributed by atoms with Gasteiger partial charge in [0.25, 0.3) is 0 Å². The number of methoxy groups -OCH3 is 3. The van der Waals surface area contributed by atoms with Gasteiger partial charge in [-0.15, -0.1) is 0 Å². The molecular weight excluding hydrogens is 418 g/mol. The van der Waals surface area contributed by atoms with E-state index in [0.717, 1.165) is 22.6 Å². The number of rotatable bonds is 5. The third kappa shape index (κ3) is 6.42. The second-order valence-electron chi connectivity index (χ2n) is 8.01. The topological polar surface area (TPSA) is 27.7 Å². The smallest absolute Gasteiger partial charge is 0.496 e. The van der Waals surface area contributed by atoms with E-state index in [9.17, 15) is 17.3 Å². The molecule has 0 radical (unpaired) electrons. The lowest BCUT2D eigenvalue weighted by atomic mass is 9.78. The Bertz CT molecular complexity index is 635. The summed E-state index contributed by atoms with van der Waals surface area (Å²) in [5.74, 6) is 4.01. The number of halogens is 4. The summed E-state index contributed by atoms with van der Waals surface area (Å²) < 4.78 is 56.8. The molecule has 0 aromatic heterocycles. The molecule has 1 aromatic rings. The van der Waals surface area contributed by atoms with Gasteiger partial charge in [-0.25, -0.2) is 0 Å². The molecule has 0 aliphatic heterocycles. The maximum atomic E-state index is 9.75. The third-order valence-corrected chi connectivity index (χ3v) is 6.63. The van der Waals surface area contributed by atoms with Crippen LogP contribution in [0.25, 0.3) is 0 Å². The van der Waals surface area contributed by atoms with Gasteiger partial charge in [-0.2, -0.15) is 0 Å². The molecule has 1 aromatic carbocycles. The monoisotopic (exact) mass is 451 g/mol. The zero-order valence-corrected chi connectivity index (χ0v) is 19.3. The van der Waals surface area contributed by atoms with Crippen LogP contribution < -0.4 is 19.5 Å². The summed E-state index contributed by atoms with van der Waals surface area (Å²) in [5.41, 5.74) is 2.58. The van der Waals surface area contributed by atoms with Gasteiger partial charge in [0.2, 0.25) is 0 Å². The van der Waals surface area contributed by atoms with Gasteiger partial charge in [0.05, 0.1) is 26.6 Å². The maximum absolute atomic E-state index is 9.75. The van der Waals surface area contributed by atoms with E-state index in [1.54, 1.807) is 14.2 Å². The molecule has 0 spiro atoms. The van der Waals surface area contributed by atoms with E-state index in [0.29, 0.717) is 11.8 Å². The van der Waals surface area contributed by atoms with E-state index >= 15 is 0 Å². The molecule has 3 rings (SSSR count). The number of hydrogen-bond acceptors (Lipinski definition) is 3. The van der Waals surface area contributed by atoms with Crippen molar-refractivity contribution in [2.24, 2.45) is 0 Å². The second-order valence-corrected chi connectivity index (χ2v) is 8.58. The molecule has 1 unspecified atom stereocenters. The first-order chi connectivity index (χ1) is 14.2. The molecule has 2 aliphatic carbocycles. The van der Waals surface area contributed by atoms with E-state index in [2.05, 4.69) is 9.24 Å². The molecule has 172 valence electrons. The van der Waals surface area contributed by atoms with Crippen molar-refractivity contribution in [3.63, 3.8) is 0 Å². The average Bonchev–Trinajstić information content (AvgIpc) is 2.72. The minimum atomic E-state index is -6.00. The standard InChI is InChI=1S/C21H33O3P.BF4/c1-22-18-16(14-10-6-4-7-11-14)19(23-2)21(25)20(24-3)17(18)15-12-8-5-9-13-15;2-1(3,4)5/h14-15H,4-13,25H2,1-3H3;/q;-1. The summed E-state index contributed by atoms with van der Waals surface area (Å²) in [4.78, 5) is 0. The fourth-order valence-electron chi connectivity index (χ4n) is 4.93. The fraction of sp³-hybridized carbons (Fsp3) is 0.714. The summed E-state index contributed by atoms with van der Waals surface area (Å²) in [6.07, 6.45) is 12.8. The van der Waals surface area contributed by atoms with Crippen molar-refractivity contribution in [1.29, 1.82) is 0 Å². The Labute approximate surface area is 179 Å². The first-order valence-electron chi connectivity index (χ1n) is 10.7. The van der Waals surface area contributed by atoms with Gasteiger partial charge in [-0.1, -0.05) is 47.8 Å². The van der Waals surface area contributed by atoms with E-state index in [1.165, 1.54) is 75.3 Å². The van der Waals surface area contributed by atoms with Crippen molar-refractivity contribution >= 4 is 21.8 Å². The summed E-state index contributed by atoms with van der Waals surface area (Å²) in [5, 5.41) is 1.06. The molecule has 2 fully saturated rings. The highest BCUT2D eigenvalue weighted by molar-refractivity contribution is 7.28. The average molecular weight is 451 g/mol. The van der Waals surface area contributed by atoms with E-state index in [-0.39, 0.29) is 0 Å². The normalized spacial score (nSPS) is 18.4. The molecule has 0 heterocycles. The molecule has 3 nitrogen and oxygen atoms in total. The van der Waals surface area contributed by atoms with Crippen LogP contribution in [0.3, 0.4) is 0 Å². The van der Waals surface area contributed by atoms with Crippen molar-refractivity contribution in [2.75, 3.05) is 21.3 Å². The Morgan fingerprint density at radius 2 is 0.933 bits per heavy atom. The molecule has 0 bridgehead atoms. The Morgan fingerprint density at radius 3 is 1.20 bits per heavy atom. The Kier molecular flexibility index (Phi) is 9.58. The highest BCUT2D eigenvalue weighted by Crippen LogP contribution is 2.51. The maximum Gasteiger partial charge on any atom is 0.673 e. The number of ether oxygens (including phenoxy) is 3. The molecule has 1 atom stereocenters. The molecule has 0 N–H and O–H groups in total. The molecule has 0 saturated heterocycles. The van der Waals surface area contributed by atoms with Crippen LogP contribution in [-0.4, -0.2) is 28.6 Å². The van der Waals surface area contributed by atoms with Gasteiger partial charge >= 0.3 is 7.25 Å². The Hall–Kier alpha value is -1.17. The van der Waals surface area contributed by atoms with Gasteiger partial charge in [0, 0.05) is 11.1 Å². The van der Waals surface area contributed by atoms with Crippen molar-refractivity contribution in [3.8, 4) is 17.2 Å². The lowest BCUT2D eigenvalue weighted by Crippen LogP contribution is -2.19. The highest BCUT2D eigenvalue weighted by atomic mass is 31.0. The van der Waals surface area contributed by atoms with Crippen LogP contribution in [0.15, 0.2) is 0 Å². The van der Waals surface area contributed by atoms with Crippen LogP contribution >= 0.6 is 9.24 Å². The van der Waals surface area contributed by atoms with Crippen molar-refractivity contribution in [3.05, 3.63) is 11.1 Å². The van der Waals surface area contributed by atoms with Crippen LogP contribution in [0.4, 0.5) is 17.3 Å². The first-order valence-corrected chi connectivity index (χ1v) is 11.3. The summed E-state index contributed by atoms with van der Waals surface area (Å²) in [6, 6.07) is 0. The minimum absolute atomic E-state index is 0.534. The largest absolute Gasteiger partial charge is 0.673 e. The van der Waals surface area contributed by atoms with Crippen molar-refractivity contribution in [2.45, 2.75) is 76.0 Å². The van der Waals surface area contributed by atoms with Crippen LogP contribution in [0, 0.1) is 0 Å². The fourth-order valence-corrected chi connectivity index (χ4v) is 5.48. The lowest BCUT2D eigenvalue weighted by molar-refractivity contribution is 0.336. The van der Waals surface area contributed by atoms with Crippen LogP contribution in [-0.2, 0) is 0 Å². The number of benzene rings is 1. The summed E-state index contributed by atoms with van der Waals surface area (Å²) in [7, 11) is 2.24. The van der Waals surface area contributed by atoms with Gasteiger partial charge in [-0.05, 0) is 37.5 Å². The van der Waals surface area contributed by atoms with Crippen molar-refractivity contribution in [1.82, 2.24) is 0 Å². The molecule has 2 saturated carbocycles. The van der Waals surface area contributed by atoms with Crippen LogP contribution in [0.5, 0.6) is 17.2 Å². The summed E-state index contributed by atoms with van der Waals surface area (Å²) in [6.45, 7) is 0. The van der Waals surface area contributed by atoms with Crippen molar-refractivity contribution < 1.29 is 31.5 Å². The molecule has 0 amide bonds. The molecular formula is C21H33BF4O3P-. The quantitative estimate of drug-likeness (QED) is 0.287. The SMILES string of the molecule is COc1c(P)c(OC)c(C2CCCCC2)c(OC)c1C1CCCCC1.F[B-](F)(F)F. The lowest BCUT2D eigenvalue weighted by Gasteiger charge is -2.32. The Balaban J connectivity index is 0.000000575. The summed E-state index contributed by atoms with van der Waals surface area (Å²) >= 11 is 0. The van der Waals surface area contributed by atoms with Crippen LogP contribution in [0.1, 0.15) is 87.2 Å².